The Labute approximate surface area is 133 Å². The van der Waals surface area contributed by atoms with Crippen molar-refractivity contribution in [1.29, 1.82) is 0 Å². The van der Waals surface area contributed by atoms with Gasteiger partial charge in [0.25, 0.3) is 0 Å². The van der Waals surface area contributed by atoms with Crippen LogP contribution in [-0.4, -0.2) is 0 Å². The van der Waals surface area contributed by atoms with Crippen molar-refractivity contribution in [2.75, 3.05) is 5.32 Å². The van der Waals surface area contributed by atoms with Gasteiger partial charge in [-0.05, 0) is 58.7 Å². The van der Waals surface area contributed by atoms with Gasteiger partial charge in [-0.3, -0.25) is 0 Å². The fourth-order valence-electron chi connectivity index (χ4n) is 1.77. The summed E-state index contributed by atoms with van der Waals surface area (Å²) in [6.07, 6.45) is 0. The Kier molecular flexibility index (Phi) is 4.87. The van der Waals surface area contributed by atoms with Gasteiger partial charge >= 0.3 is 0 Å². The van der Waals surface area contributed by atoms with E-state index < -0.39 is 0 Å². The Bertz CT molecular complexity index is 604. The molecule has 0 bridgehead atoms. The standard InChI is InChI=1S/C14H11Br2ClFN/c1-8(11-4-2-9(15)6-13(11)17)19-10-3-5-12(16)14(18)7-10/h2-8,19H,1H3. The van der Waals surface area contributed by atoms with Gasteiger partial charge in [0, 0.05) is 21.2 Å². The number of halogens is 4. The van der Waals surface area contributed by atoms with Crippen LogP contribution in [-0.2, 0) is 0 Å². The van der Waals surface area contributed by atoms with E-state index in [1.807, 2.05) is 31.2 Å². The predicted octanol–water partition coefficient (Wildman–Crippen LogP) is 6.18. The highest BCUT2D eigenvalue weighted by molar-refractivity contribution is 9.10. The zero-order chi connectivity index (χ0) is 14.0. The summed E-state index contributed by atoms with van der Waals surface area (Å²) in [6, 6.07) is 10.6. The molecule has 0 amide bonds. The molecule has 0 fully saturated rings. The summed E-state index contributed by atoms with van der Waals surface area (Å²) in [5.74, 6) is -0.292. The summed E-state index contributed by atoms with van der Waals surface area (Å²) < 4.78 is 14.8. The van der Waals surface area contributed by atoms with E-state index in [0.717, 1.165) is 10.0 Å². The van der Waals surface area contributed by atoms with Crippen molar-refractivity contribution in [3.05, 3.63) is 61.7 Å². The van der Waals surface area contributed by atoms with Crippen LogP contribution in [0.3, 0.4) is 0 Å². The van der Waals surface area contributed by atoms with Gasteiger partial charge in [-0.25, -0.2) is 4.39 Å². The summed E-state index contributed by atoms with van der Waals surface area (Å²) in [6.45, 7) is 1.98. The maximum atomic E-state index is 13.4. The number of nitrogens with one attached hydrogen (secondary N) is 1. The summed E-state index contributed by atoms with van der Waals surface area (Å²) in [4.78, 5) is 0. The molecule has 2 rings (SSSR count). The molecule has 1 N–H and O–H groups in total. The van der Waals surface area contributed by atoms with Crippen LogP contribution in [0.1, 0.15) is 18.5 Å². The second-order valence-corrected chi connectivity index (χ2v) is 6.34. The van der Waals surface area contributed by atoms with Crippen molar-refractivity contribution < 1.29 is 4.39 Å². The first kappa shape index (κ1) is 14.8. The third-order valence-corrected chi connectivity index (χ3v) is 4.20. The quantitative estimate of drug-likeness (QED) is 0.641. The smallest absolute Gasteiger partial charge is 0.139 e. The lowest BCUT2D eigenvalue weighted by Gasteiger charge is -2.17. The van der Waals surface area contributed by atoms with Crippen LogP contribution < -0.4 is 5.32 Å². The van der Waals surface area contributed by atoms with Gasteiger partial charge < -0.3 is 5.32 Å². The second-order valence-electron chi connectivity index (χ2n) is 4.16. The van der Waals surface area contributed by atoms with Crippen molar-refractivity contribution in [3.63, 3.8) is 0 Å². The zero-order valence-electron chi connectivity index (χ0n) is 10.1. The maximum absolute atomic E-state index is 13.4. The van der Waals surface area contributed by atoms with Crippen LogP contribution in [0, 0.1) is 5.82 Å². The van der Waals surface area contributed by atoms with E-state index in [9.17, 15) is 4.39 Å². The summed E-state index contributed by atoms with van der Waals surface area (Å²) >= 11 is 12.7. The highest BCUT2D eigenvalue weighted by Gasteiger charge is 2.10. The van der Waals surface area contributed by atoms with Crippen molar-refractivity contribution in [1.82, 2.24) is 0 Å². The van der Waals surface area contributed by atoms with Gasteiger partial charge in [0.1, 0.15) is 5.82 Å². The van der Waals surface area contributed by atoms with E-state index in [1.165, 1.54) is 6.07 Å². The summed E-state index contributed by atoms with van der Waals surface area (Å²) in [5.41, 5.74) is 1.68. The van der Waals surface area contributed by atoms with Crippen LogP contribution in [0.5, 0.6) is 0 Å². The minimum absolute atomic E-state index is 0.0128. The number of hydrogen-bond acceptors (Lipinski definition) is 1. The average molecular weight is 408 g/mol. The van der Waals surface area contributed by atoms with Gasteiger partial charge in [-0.1, -0.05) is 33.6 Å². The first-order valence-electron chi connectivity index (χ1n) is 5.64. The lowest BCUT2D eigenvalue weighted by molar-refractivity contribution is 0.621. The zero-order valence-corrected chi connectivity index (χ0v) is 14.0. The third kappa shape index (κ3) is 3.71. The molecule has 1 atom stereocenters. The minimum Gasteiger partial charge on any atom is -0.378 e. The molecule has 0 aliphatic rings. The van der Waals surface area contributed by atoms with Crippen molar-refractivity contribution >= 4 is 49.1 Å². The Balaban J connectivity index is 2.20. The van der Waals surface area contributed by atoms with E-state index in [1.54, 1.807) is 6.07 Å². The fourth-order valence-corrected chi connectivity index (χ4v) is 2.85. The number of benzene rings is 2. The molecule has 1 unspecified atom stereocenters. The largest absolute Gasteiger partial charge is 0.378 e. The molecule has 2 aromatic carbocycles. The molecule has 0 aliphatic carbocycles. The minimum atomic E-state index is -0.292. The number of rotatable bonds is 3. The van der Waals surface area contributed by atoms with Gasteiger partial charge in [-0.2, -0.15) is 0 Å². The molecule has 0 saturated heterocycles. The van der Waals surface area contributed by atoms with Gasteiger partial charge in [-0.15, -0.1) is 0 Å². The van der Waals surface area contributed by atoms with Gasteiger partial charge in [0.15, 0.2) is 0 Å². The average Bonchev–Trinajstić information content (AvgIpc) is 2.33. The lowest BCUT2D eigenvalue weighted by Crippen LogP contribution is -2.07. The molecule has 0 aliphatic heterocycles. The highest BCUT2D eigenvalue weighted by Crippen LogP contribution is 2.29. The monoisotopic (exact) mass is 405 g/mol. The molecule has 100 valence electrons. The van der Waals surface area contributed by atoms with Crippen molar-refractivity contribution in [3.8, 4) is 0 Å². The van der Waals surface area contributed by atoms with E-state index in [-0.39, 0.29) is 11.9 Å². The molecule has 0 aromatic heterocycles. The first-order valence-corrected chi connectivity index (χ1v) is 7.60. The molecular formula is C14H11Br2ClFN. The molecule has 5 heteroatoms. The van der Waals surface area contributed by atoms with E-state index in [4.69, 9.17) is 11.6 Å². The maximum Gasteiger partial charge on any atom is 0.139 e. The highest BCUT2D eigenvalue weighted by atomic mass is 79.9. The van der Waals surface area contributed by atoms with Crippen LogP contribution in [0.4, 0.5) is 10.1 Å². The number of anilines is 1. The molecule has 1 nitrogen and oxygen atoms in total. The van der Waals surface area contributed by atoms with Crippen LogP contribution in [0.15, 0.2) is 45.3 Å². The van der Waals surface area contributed by atoms with Crippen LogP contribution >= 0.6 is 43.5 Å². The van der Waals surface area contributed by atoms with E-state index >= 15 is 0 Å². The molecule has 2 aromatic rings. The first-order chi connectivity index (χ1) is 8.97. The normalized spacial score (nSPS) is 12.3. The topological polar surface area (TPSA) is 12.0 Å². The Morgan fingerprint density at radius 2 is 1.89 bits per heavy atom. The molecule has 0 radical (unpaired) electrons. The van der Waals surface area contributed by atoms with Gasteiger partial charge in [0.2, 0.25) is 0 Å². The molecule has 0 heterocycles. The SMILES string of the molecule is CC(Nc1ccc(Br)c(F)c1)c1ccc(Br)cc1Cl. The number of hydrogen-bond donors (Lipinski definition) is 1. The van der Waals surface area contributed by atoms with Crippen LogP contribution in [0.2, 0.25) is 5.02 Å². The fraction of sp³-hybridized carbons (Fsp3) is 0.143. The van der Waals surface area contributed by atoms with Crippen molar-refractivity contribution in [2.45, 2.75) is 13.0 Å². The van der Waals surface area contributed by atoms with Gasteiger partial charge in [0.05, 0.1) is 4.47 Å². The van der Waals surface area contributed by atoms with E-state index in [2.05, 4.69) is 37.2 Å². The Morgan fingerprint density at radius 1 is 1.16 bits per heavy atom. The molecule has 19 heavy (non-hydrogen) atoms. The third-order valence-electron chi connectivity index (χ3n) is 2.73. The summed E-state index contributed by atoms with van der Waals surface area (Å²) in [7, 11) is 0. The van der Waals surface area contributed by atoms with E-state index in [0.29, 0.717) is 15.2 Å². The lowest BCUT2D eigenvalue weighted by atomic mass is 10.1. The molecular weight excluding hydrogens is 396 g/mol. The molecule has 0 spiro atoms. The molecule has 0 saturated carbocycles. The summed E-state index contributed by atoms with van der Waals surface area (Å²) in [5, 5.41) is 3.90. The Morgan fingerprint density at radius 3 is 2.53 bits per heavy atom. The van der Waals surface area contributed by atoms with Crippen molar-refractivity contribution in [2.24, 2.45) is 0 Å². The Hall–Kier alpha value is -0.580. The predicted molar refractivity (Wildman–Crippen MR) is 85.3 cm³/mol. The second kappa shape index (κ2) is 6.25. The van der Waals surface area contributed by atoms with Crippen LogP contribution in [0.25, 0.3) is 0 Å².